The van der Waals surface area contributed by atoms with Gasteiger partial charge in [0.05, 0.1) is 5.57 Å². The molecule has 5 N–H and O–H groups in total. The van der Waals surface area contributed by atoms with Crippen LogP contribution < -0.4 is 10.6 Å². The van der Waals surface area contributed by atoms with Gasteiger partial charge in [-0.2, -0.15) is 0 Å². The van der Waals surface area contributed by atoms with Gasteiger partial charge in [0, 0.05) is 26.2 Å². The molecule has 10 nitrogen and oxygen atoms in total. The van der Waals surface area contributed by atoms with E-state index in [1.165, 1.54) is 31.4 Å². The molecule has 2 rings (SSSR count). The number of nitrogens with zero attached hydrogens (tertiary/aromatic N) is 1. The summed E-state index contributed by atoms with van der Waals surface area (Å²) in [5.74, 6) is -2.29. The highest BCUT2D eigenvalue weighted by Gasteiger charge is 2.22. The molecule has 28 heavy (non-hydrogen) atoms. The maximum absolute atomic E-state index is 12.0. The van der Waals surface area contributed by atoms with Gasteiger partial charge in [-0.05, 0) is 17.7 Å². The highest BCUT2D eigenvalue weighted by Crippen LogP contribution is 2.25. The molecule has 0 saturated heterocycles. The van der Waals surface area contributed by atoms with Crippen LogP contribution in [0.15, 0.2) is 42.1 Å². The number of hydrogen-bond acceptors (Lipinski definition) is 7. The van der Waals surface area contributed by atoms with E-state index in [1.807, 2.05) is 0 Å². The van der Waals surface area contributed by atoms with E-state index in [0.717, 1.165) is 0 Å². The first-order valence-electron chi connectivity index (χ1n) is 8.31. The van der Waals surface area contributed by atoms with Crippen LogP contribution in [-0.2, 0) is 20.7 Å². The van der Waals surface area contributed by atoms with Crippen molar-refractivity contribution in [3.05, 3.63) is 47.7 Å². The number of hydrogen-bond donors (Lipinski definition) is 5. The van der Waals surface area contributed by atoms with Gasteiger partial charge >= 0.3 is 12.1 Å². The fourth-order valence-electron chi connectivity index (χ4n) is 2.43. The topological polar surface area (TPSA) is 148 Å². The summed E-state index contributed by atoms with van der Waals surface area (Å²) in [6.45, 7) is 0.242. The van der Waals surface area contributed by atoms with Crippen LogP contribution in [0.1, 0.15) is 5.56 Å². The molecule has 0 bridgehead atoms. The molecule has 0 saturated carbocycles. The van der Waals surface area contributed by atoms with Crippen molar-refractivity contribution in [2.24, 2.45) is 0 Å². The van der Waals surface area contributed by atoms with Gasteiger partial charge in [-0.15, -0.1) is 0 Å². The number of likely N-dealkylation sites (N-methyl/N-ethyl adjacent to an activating group) is 1. The minimum absolute atomic E-state index is 0.120. The maximum Gasteiger partial charge on any atom is 0.409 e. The van der Waals surface area contributed by atoms with Crippen LogP contribution in [0.5, 0.6) is 11.5 Å². The van der Waals surface area contributed by atoms with Gasteiger partial charge in [-0.1, -0.05) is 18.2 Å². The van der Waals surface area contributed by atoms with E-state index < -0.39 is 18.1 Å². The zero-order valence-electron chi connectivity index (χ0n) is 15.1. The summed E-state index contributed by atoms with van der Waals surface area (Å²) in [5.41, 5.74) is 0.802. The Morgan fingerprint density at radius 3 is 2.64 bits per heavy atom. The first-order chi connectivity index (χ1) is 13.3. The van der Waals surface area contributed by atoms with Crippen LogP contribution in [0, 0.1) is 0 Å². The number of ether oxygens (including phenoxy) is 1. The number of phenols is 2. The zero-order chi connectivity index (χ0) is 20.7. The number of amides is 2. The highest BCUT2D eigenvalue weighted by molar-refractivity contribution is 5.96. The lowest BCUT2D eigenvalue weighted by Crippen LogP contribution is -2.43. The molecule has 1 heterocycles. The van der Waals surface area contributed by atoms with Crippen molar-refractivity contribution < 1.29 is 34.4 Å². The van der Waals surface area contributed by atoms with Crippen molar-refractivity contribution in [2.45, 2.75) is 12.5 Å². The van der Waals surface area contributed by atoms with E-state index in [9.17, 15) is 29.7 Å². The number of nitrogens with one attached hydrogen (secondary N) is 2. The molecule has 0 spiro atoms. The van der Waals surface area contributed by atoms with Crippen molar-refractivity contribution in [3.63, 3.8) is 0 Å². The second-order valence-corrected chi connectivity index (χ2v) is 5.96. The first kappa shape index (κ1) is 20.6. The first-order valence-corrected chi connectivity index (χ1v) is 8.31. The summed E-state index contributed by atoms with van der Waals surface area (Å²) in [5, 5.41) is 32.8. The molecule has 1 aromatic carbocycles. The van der Waals surface area contributed by atoms with Crippen LogP contribution in [0.2, 0.25) is 0 Å². The van der Waals surface area contributed by atoms with E-state index in [2.05, 4.69) is 10.6 Å². The SMILES string of the molecule is CNC(=O)C1=CN(COC(=O)NC(Cc2ccc(O)c(O)c2)C(=O)O)CC=C1. The number of rotatable bonds is 7. The van der Waals surface area contributed by atoms with Gasteiger partial charge in [0.25, 0.3) is 5.91 Å². The molecule has 10 heteroatoms. The number of carboxylic acid groups (broad SMARTS) is 1. The Hall–Kier alpha value is -3.69. The Balaban J connectivity index is 1.91. The van der Waals surface area contributed by atoms with Crippen molar-refractivity contribution in [1.82, 2.24) is 15.5 Å². The molecule has 150 valence electrons. The molecule has 1 aliphatic rings. The smallest absolute Gasteiger partial charge is 0.409 e. The molecule has 0 radical (unpaired) electrons. The minimum Gasteiger partial charge on any atom is -0.504 e. The Kier molecular flexibility index (Phi) is 6.85. The predicted molar refractivity (Wildman–Crippen MR) is 97.4 cm³/mol. The third-order valence-electron chi connectivity index (χ3n) is 3.88. The van der Waals surface area contributed by atoms with Gasteiger partial charge in [0.1, 0.15) is 6.04 Å². The summed E-state index contributed by atoms with van der Waals surface area (Å²) < 4.78 is 5.02. The van der Waals surface area contributed by atoms with Crippen molar-refractivity contribution >= 4 is 18.0 Å². The van der Waals surface area contributed by atoms with E-state index in [-0.39, 0.29) is 30.6 Å². The van der Waals surface area contributed by atoms with Crippen LogP contribution in [-0.4, -0.2) is 64.6 Å². The van der Waals surface area contributed by atoms with E-state index in [1.54, 1.807) is 17.1 Å². The van der Waals surface area contributed by atoms with Gasteiger partial charge in [0.2, 0.25) is 0 Å². The standard InChI is InChI=1S/C18H21N3O7/c1-19-16(24)12-3-2-6-21(9-12)10-28-18(27)20-13(17(25)26)7-11-4-5-14(22)15(23)8-11/h2-5,8-9,13,22-23H,6-7,10H2,1H3,(H,19,24)(H,20,27)(H,25,26). The summed E-state index contributed by atoms with van der Waals surface area (Å²) in [6, 6.07) is 2.57. The number of aromatic hydroxyl groups is 2. The Bertz CT molecular complexity index is 819. The van der Waals surface area contributed by atoms with Crippen LogP contribution >= 0.6 is 0 Å². The number of alkyl carbamates (subject to hydrolysis) is 1. The lowest BCUT2D eigenvalue weighted by molar-refractivity contribution is -0.139. The fourth-order valence-corrected chi connectivity index (χ4v) is 2.43. The number of aliphatic carboxylic acids is 1. The van der Waals surface area contributed by atoms with Crippen molar-refractivity contribution in [1.29, 1.82) is 0 Å². The van der Waals surface area contributed by atoms with Gasteiger partial charge < -0.3 is 35.6 Å². The quantitative estimate of drug-likeness (QED) is 0.416. The highest BCUT2D eigenvalue weighted by atomic mass is 16.6. The fraction of sp³-hybridized carbons (Fsp3) is 0.278. The van der Waals surface area contributed by atoms with Gasteiger partial charge in [-0.3, -0.25) is 4.79 Å². The van der Waals surface area contributed by atoms with E-state index in [0.29, 0.717) is 17.7 Å². The maximum atomic E-state index is 12.0. The monoisotopic (exact) mass is 391 g/mol. The minimum atomic E-state index is -1.30. The summed E-state index contributed by atoms with van der Waals surface area (Å²) in [6.07, 6.45) is 3.83. The average molecular weight is 391 g/mol. The van der Waals surface area contributed by atoms with Crippen LogP contribution in [0.25, 0.3) is 0 Å². The second-order valence-electron chi connectivity index (χ2n) is 5.96. The summed E-state index contributed by atoms with van der Waals surface area (Å²) >= 11 is 0. The molecule has 0 aromatic heterocycles. The molecular formula is C18H21N3O7. The molecule has 0 aliphatic carbocycles. The second kappa shape index (κ2) is 9.31. The third kappa shape index (κ3) is 5.66. The molecule has 1 atom stereocenters. The summed E-state index contributed by atoms with van der Waals surface area (Å²) in [4.78, 5) is 36.5. The number of phenolic OH excluding ortho intramolecular Hbond substituents is 2. The Labute approximate surface area is 160 Å². The molecule has 2 amide bonds. The van der Waals surface area contributed by atoms with Crippen LogP contribution in [0.4, 0.5) is 4.79 Å². The Morgan fingerprint density at radius 2 is 2.00 bits per heavy atom. The summed E-state index contributed by atoms with van der Waals surface area (Å²) in [7, 11) is 1.50. The van der Waals surface area contributed by atoms with Gasteiger partial charge in [0.15, 0.2) is 18.2 Å². The van der Waals surface area contributed by atoms with Crippen molar-refractivity contribution in [3.8, 4) is 11.5 Å². The average Bonchev–Trinajstić information content (AvgIpc) is 2.68. The number of benzene rings is 1. The lowest BCUT2D eigenvalue weighted by atomic mass is 10.1. The number of carboxylic acids is 1. The largest absolute Gasteiger partial charge is 0.504 e. The van der Waals surface area contributed by atoms with E-state index >= 15 is 0 Å². The Morgan fingerprint density at radius 1 is 1.25 bits per heavy atom. The molecule has 1 aliphatic heterocycles. The van der Waals surface area contributed by atoms with Crippen LogP contribution in [0.3, 0.4) is 0 Å². The zero-order valence-corrected chi connectivity index (χ0v) is 15.1. The number of carbonyl (C=O) groups excluding carboxylic acids is 2. The van der Waals surface area contributed by atoms with Gasteiger partial charge in [-0.25, -0.2) is 9.59 Å². The molecule has 0 fully saturated rings. The van der Waals surface area contributed by atoms with Crippen molar-refractivity contribution in [2.75, 3.05) is 20.3 Å². The normalized spacial score (nSPS) is 14.0. The number of carbonyl (C=O) groups is 3. The third-order valence-corrected chi connectivity index (χ3v) is 3.88. The lowest BCUT2D eigenvalue weighted by Gasteiger charge is -2.23. The van der Waals surface area contributed by atoms with E-state index in [4.69, 9.17) is 4.74 Å². The molecule has 1 aromatic rings. The predicted octanol–water partition coefficient (Wildman–Crippen LogP) is 0.279. The molecular weight excluding hydrogens is 370 g/mol. The molecule has 1 unspecified atom stereocenters.